The zero-order valence-electron chi connectivity index (χ0n) is 16.6. The Kier molecular flexibility index (Phi) is 5.41. The van der Waals surface area contributed by atoms with E-state index in [4.69, 9.17) is 14.3 Å². The first-order chi connectivity index (χ1) is 13.7. The van der Waals surface area contributed by atoms with Crippen molar-refractivity contribution in [2.75, 3.05) is 45.3 Å². The molecule has 0 bridgehead atoms. The predicted octanol–water partition coefficient (Wildman–Crippen LogP) is 3.22. The van der Waals surface area contributed by atoms with Crippen LogP contribution in [0.25, 0.3) is 5.70 Å². The summed E-state index contributed by atoms with van der Waals surface area (Å²) >= 11 is 0. The Morgan fingerprint density at radius 1 is 0.929 bits per heavy atom. The summed E-state index contributed by atoms with van der Waals surface area (Å²) in [6, 6.07) is 16.3. The fourth-order valence-corrected chi connectivity index (χ4v) is 3.59. The normalized spacial score (nSPS) is 20.2. The van der Waals surface area contributed by atoms with E-state index in [9.17, 15) is 0 Å². The first-order valence-electron chi connectivity index (χ1n) is 9.56. The van der Waals surface area contributed by atoms with Crippen LogP contribution in [0, 0.1) is 6.08 Å². The molecule has 0 saturated carbocycles. The molecule has 0 spiro atoms. The number of hydroxylamine groups is 1. The number of rotatable bonds is 5. The van der Waals surface area contributed by atoms with Crippen LogP contribution in [-0.4, -0.2) is 56.7 Å². The molecule has 2 aromatic carbocycles. The van der Waals surface area contributed by atoms with Gasteiger partial charge >= 0.3 is 0 Å². The first-order valence-corrected chi connectivity index (χ1v) is 9.56. The lowest BCUT2D eigenvalue weighted by atomic mass is 10.1. The van der Waals surface area contributed by atoms with Gasteiger partial charge < -0.3 is 14.4 Å². The summed E-state index contributed by atoms with van der Waals surface area (Å²) in [5.41, 5.74) is 3.22. The van der Waals surface area contributed by atoms with E-state index < -0.39 is 0 Å². The number of anilines is 1. The molecule has 1 unspecified atom stereocenters. The van der Waals surface area contributed by atoms with Crippen molar-refractivity contribution in [2.24, 2.45) is 0 Å². The second-order valence-corrected chi connectivity index (χ2v) is 6.89. The van der Waals surface area contributed by atoms with E-state index in [1.54, 1.807) is 14.2 Å². The van der Waals surface area contributed by atoms with Gasteiger partial charge in [-0.15, -0.1) is 0 Å². The maximum Gasteiger partial charge on any atom is 0.124 e. The van der Waals surface area contributed by atoms with Gasteiger partial charge in [-0.2, -0.15) is 10.2 Å². The summed E-state index contributed by atoms with van der Waals surface area (Å²) in [4.78, 5) is 8.38. The van der Waals surface area contributed by atoms with Crippen LogP contribution in [0.15, 0.2) is 48.5 Å². The molecule has 0 aliphatic carbocycles. The lowest BCUT2D eigenvalue weighted by Gasteiger charge is -2.41. The highest BCUT2D eigenvalue weighted by Gasteiger charge is 2.31. The summed E-state index contributed by atoms with van der Waals surface area (Å²) in [6.45, 7) is 5.48. The van der Waals surface area contributed by atoms with Crippen LogP contribution in [0.5, 0.6) is 11.5 Å². The van der Waals surface area contributed by atoms with Crippen LogP contribution in [0.1, 0.15) is 12.5 Å². The SMILES string of the molecule is COc1cc(OC)cc(N2CCN(N3OC(C)[C]=C3c3ccccc3)CC2)c1. The van der Waals surface area contributed by atoms with Crippen molar-refractivity contribution in [1.29, 1.82) is 0 Å². The average molecular weight is 380 g/mol. The predicted molar refractivity (Wildman–Crippen MR) is 109 cm³/mol. The summed E-state index contributed by atoms with van der Waals surface area (Å²) in [7, 11) is 3.35. The number of hydrogen-bond acceptors (Lipinski definition) is 6. The van der Waals surface area contributed by atoms with Gasteiger partial charge in [-0.3, -0.25) is 0 Å². The lowest BCUT2D eigenvalue weighted by Crippen LogP contribution is -2.52. The van der Waals surface area contributed by atoms with Crippen molar-refractivity contribution in [3.05, 3.63) is 60.2 Å². The van der Waals surface area contributed by atoms with E-state index in [2.05, 4.69) is 40.3 Å². The Labute approximate surface area is 166 Å². The molecule has 0 aromatic heterocycles. The van der Waals surface area contributed by atoms with Crippen LogP contribution in [-0.2, 0) is 4.84 Å². The van der Waals surface area contributed by atoms with Gasteiger partial charge in [0.25, 0.3) is 0 Å². The molecule has 6 heteroatoms. The van der Waals surface area contributed by atoms with Crippen LogP contribution in [0.4, 0.5) is 5.69 Å². The zero-order chi connectivity index (χ0) is 19.5. The largest absolute Gasteiger partial charge is 0.497 e. The highest BCUT2D eigenvalue weighted by molar-refractivity contribution is 5.62. The monoisotopic (exact) mass is 380 g/mol. The fraction of sp³-hybridized carbons (Fsp3) is 0.364. The Balaban J connectivity index is 1.46. The number of nitrogens with zero attached hydrogens (tertiary/aromatic N) is 3. The Morgan fingerprint density at radius 3 is 2.18 bits per heavy atom. The highest BCUT2D eigenvalue weighted by atomic mass is 16.7. The van der Waals surface area contributed by atoms with E-state index in [1.165, 1.54) is 0 Å². The minimum atomic E-state index is -0.0594. The molecule has 2 aliphatic rings. The molecule has 2 aromatic rings. The molecule has 4 rings (SSSR count). The second kappa shape index (κ2) is 8.12. The number of hydrazine groups is 1. The fourth-order valence-electron chi connectivity index (χ4n) is 3.59. The number of benzene rings is 2. The number of piperazine rings is 1. The lowest BCUT2D eigenvalue weighted by molar-refractivity contribution is -0.242. The van der Waals surface area contributed by atoms with Crippen LogP contribution in [0.3, 0.4) is 0 Å². The van der Waals surface area contributed by atoms with E-state index in [1.807, 2.05) is 36.4 Å². The molecule has 2 aliphatic heterocycles. The molecule has 147 valence electrons. The summed E-state index contributed by atoms with van der Waals surface area (Å²) in [5.74, 6) is 1.61. The minimum absolute atomic E-state index is 0.0594. The van der Waals surface area contributed by atoms with Gasteiger partial charge in [0.15, 0.2) is 0 Å². The average Bonchev–Trinajstić information content (AvgIpc) is 3.15. The third-order valence-corrected chi connectivity index (χ3v) is 5.05. The Bertz CT molecular complexity index is 810. The van der Waals surface area contributed by atoms with Gasteiger partial charge in [0, 0.05) is 61.7 Å². The molecule has 6 nitrogen and oxygen atoms in total. The van der Waals surface area contributed by atoms with Crippen molar-refractivity contribution in [1.82, 2.24) is 10.2 Å². The van der Waals surface area contributed by atoms with Crippen molar-refractivity contribution in [3.63, 3.8) is 0 Å². The van der Waals surface area contributed by atoms with E-state index in [0.717, 1.165) is 54.6 Å². The molecular weight excluding hydrogens is 354 g/mol. The molecule has 1 atom stereocenters. The molecule has 1 radical (unpaired) electrons. The highest BCUT2D eigenvalue weighted by Crippen LogP contribution is 2.32. The van der Waals surface area contributed by atoms with E-state index in [0.29, 0.717) is 0 Å². The molecule has 0 amide bonds. The van der Waals surface area contributed by atoms with Crippen LogP contribution >= 0.6 is 0 Å². The van der Waals surface area contributed by atoms with Crippen molar-refractivity contribution >= 4 is 11.4 Å². The van der Waals surface area contributed by atoms with E-state index >= 15 is 0 Å². The van der Waals surface area contributed by atoms with Crippen molar-refractivity contribution in [2.45, 2.75) is 13.0 Å². The molecule has 1 fully saturated rings. The zero-order valence-corrected chi connectivity index (χ0v) is 16.6. The molecule has 2 heterocycles. The molecular formula is C22H26N3O3. The number of hydrogen-bond donors (Lipinski definition) is 0. The maximum atomic E-state index is 6.03. The van der Waals surface area contributed by atoms with Gasteiger partial charge in [0.1, 0.15) is 17.6 Å². The standard InChI is InChI=1S/C22H26N3O3/c1-17-13-22(18-7-5-4-6-8-18)25(28-17)24-11-9-23(10-12-24)19-14-20(26-2)16-21(15-19)27-3/h4-8,14-17H,9-12H2,1-3H3. The summed E-state index contributed by atoms with van der Waals surface area (Å²) in [5, 5.41) is 4.16. The van der Waals surface area contributed by atoms with Gasteiger partial charge in [0.05, 0.1) is 19.9 Å². The van der Waals surface area contributed by atoms with Gasteiger partial charge in [-0.05, 0) is 6.92 Å². The smallest absolute Gasteiger partial charge is 0.124 e. The van der Waals surface area contributed by atoms with E-state index in [-0.39, 0.29) is 6.10 Å². The van der Waals surface area contributed by atoms with Crippen molar-refractivity contribution < 1.29 is 14.3 Å². The van der Waals surface area contributed by atoms with Crippen LogP contribution < -0.4 is 14.4 Å². The van der Waals surface area contributed by atoms with Gasteiger partial charge in [-0.25, -0.2) is 4.84 Å². The third kappa shape index (κ3) is 3.79. The summed E-state index contributed by atoms with van der Waals surface area (Å²) in [6.07, 6.45) is 3.36. The van der Waals surface area contributed by atoms with Crippen LogP contribution in [0.2, 0.25) is 0 Å². The topological polar surface area (TPSA) is 37.4 Å². The maximum absolute atomic E-state index is 6.03. The molecule has 28 heavy (non-hydrogen) atoms. The number of ether oxygens (including phenoxy) is 2. The first kappa shape index (κ1) is 18.7. The van der Waals surface area contributed by atoms with Crippen molar-refractivity contribution in [3.8, 4) is 11.5 Å². The minimum Gasteiger partial charge on any atom is -0.497 e. The van der Waals surface area contributed by atoms with Gasteiger partial charge in [-0.1, -0.05) is 30.3 Å². The second-order valence-electron chi connectivity index (χ2n) is 6.89. The quantitative estimate of drug-likeness (QED) is 0.793. The molecule has 1 saturated heterocycles. The summed E-state index contributed by atoms with van der Waals surface area (Å²) < 4.78 is 10.8. The molecule has 0 N–H and O–H groups in total. The third-order valence-electron chi connectivity index (χ3n) is 5.05. The Hall–Kier alpha value is -2.70. The number of methoxy groups -OCH3 is 2. The van der Waals surface area contributed by atoms with Gasteiger partial charge in [0.2, 0.25) is 0 Å². The Morgan fingerprint density at radius 2 is 1.57 bits per heavy atom.